The minimum Gasteiger partial charge on any atom is -0.487 e. The minimum atomic E-state index is -0.201. The molecule has 1 atom stereocenters. The van der Waals surface area contributed by atoms with Gasteiger partial charge in [0.15, 0.2) is 5.96 Å². The van der Waals surface area contributed by atoms with E-state index in [0.29, 0.717) is 0 Å². The molecule has 3 rings (SSSR count). The molecular formula is C20H28N4OS. The molecule has 0 saturated heterocycles. The van der Waals surface area contributed by atoms with Crippen LogP contribution in [-0.4, -0.2) is 30.1 Å². The molecule has 140 valence electrons. The Labute approximate surface area is 159 Å². The Hall–Kier alpha value is -2.08. The molecule has 1 aliphatic heterocycles. The summed E-state index contributed by atoms with van der Waals surface area (Å²) in [4.78, 5) is 8.91. The monoisotopic (exact) mass is 372 g/mol. The van der Waals surface area contributed by atoms with Crippen LogP contribution in [0.25, 0.3) is 0 Å². The number of benzene rings is 1. The SMILES string of the molecule is CN=C(NCCCc1nc(C)cs1)NC1CC(C)(C)Oc2ccccc21. The molecule has 1 aromatic carbocycles. The van der Waals surface area contributed by atoms with Crippen molar-refractivity contribution >= 4 is 17.3 Å². The lowest BCUT2D eigenvalue weighted by molar-refractivity contribution is 0.0694. The van der Waals surface area contributed by atoms with E-state index in [4.69, 9.17) is 4.74 Å². The van der Waals surface area contributed by atoms with Crippen LogP contribution in [0.3, 0.4) is 0 Å². The number of rotatable bonds is 5. The molecule has 2 heterocycles. The molecule has 1 aromatic heterocycles. The molecule has 0 saturated carbocycles. The predicted octanol–water partition coefficient (Wildman–Crippen LogP) is 3.85. The van der Waals surface area contributed by atoms with Crippen LogP contribution in [0.5, 0.6) is 5.75 Å². The molecule has 26 heavy (non-hydrogen) atoms. The number of hydrogen-bond donors (Lipinski definition) is 2. The summed E-state index contributed by atoms with van der Waals surface area (Å²) in [6.07, 6.45) is 2.92. The second-order valence-corrected chi connectivity index (χ2v) is 8.23. The Morgan fingerprint density at radius 1 is 1.38 bits per heavy atom. The van der Waals surface area contributed by atoms with E-state index in [0.717, 1.165) is 43.2 Å². The number of aryl methyl sites for hydroxylation is 2. The molecule has 1 aliphatic rings. The fourth-order valence-corrected chi connectivity index (χ4v) is 4.07. The van der Waals surface area contributed by atoms with Gasteiger partial charge in [-0.3, -0.25) is 4.99 Å². The van der Waals surface area contributed by atoms with E-state index in [9.17, 15) is 0 Å². The number of aromatic nitrogens is 1. The number of aliphatic imine (C=N–C) groups is 1. The molecule has 5 nitrogen and oxygen atoms in total. The van der Waals surface area contributed by atoms with Gasteiger partial charge in [0.2, 0.25) is 0 Å². The average molecular weight is 373 g/mol. The summed E-state index contributed by atoms with van der Waals surface area (Å²) in [5.41, 5.74) is 2.09. The maximum Gasteiger partial charge on any atom is 0.191 e. The van der Waals surface area contributed by atoms with E-state index in [-0.39, 0.29) is 11.6 Å². The first-order chi connectivity index (χ1) is 12.5. The standard InChI is InChI=1S/C20H28N4OS/c1-14-13-26-18(23-14)10-7-11-22-19(21-4)24-16-12-20(2,3)25-17-9-6-5-8-15(16)17/h5-6,8-9,13,16H,7,10-12H2,1-4H3,(H2,21,22,24). The van der Waals surface area contributed by atoms with Crippen molar-refractivity contribution in [2.75, 3.05) is 13.6 Å². The van der Waals surface area contributed by atoms with Gasteiger partial charge in [-0.05, 0) is 33.3 Å². The number of nitrogens with one attached hydrogen (secondary N) is 2. The maximum absolute atomic E-state index is 6.11. The second kappa shape index (κ2) is 8.08. The highest BCUT2D eigenvalue weighted by molar-refractivity contribution is 7.09. The van der Waals surface area contributed by atoms with E-state index in [2.05, 4.69) is 52.0 Å². The molecule has 0 amide bonds. The Balaban J connectivity index is 1.56. The van der Waals surface area contributed by atoms with Gasteiger partial charge in [-0.25, -0.2) is 4.98 Å². The Bertz CT molecular complexity index is 769. The smallest absolute Gasteiger partial charge is 0.191 e. The fourth-order valence-electron chi connectivity index (χ4n) is 3.25. The van der Waals surface area contributed by atoms with Gasteiger partial charge in [0.1, 0.15) is 11.4 Å². The summed E-state index contributed by atoms with van der Waals surface area (Å²) in [6.45, 7) is 7.16. The highest BCUT2D eigenvalue weighted by Crippen LogP contribution is 2.39. The van der Waals surface area contributed by atoms with E-state index in [1.807, 2.05) is 26.1 Å². The van der Waals surface area contributed by atoms with Crippen molar-refractivity contribution < 1.29 is 4.74 Å². The van der Waals surface area contributed by atoms with Crippen molar-refractivity contribution in [3.8, 4) is 5.75 Å². The van der Waals surface area contributed by atoms with E-state index >= 15 is 0 Å². The van der Waals surface area contributed by atoms with Gasteiger partial charge in [0, 0.05) is 43.1 Å². The van der Waals surface area contributed by atoms with Gasteiger partial charge < -0.3 is 15.4 Å². The number of guanidine groups is 1. The van der Waals surface area contributed by atoms with E-state index < -0.39 is 0 Å². The lowest BCUT2D eigenvalue weighted by Crippen LogP contribution is -2.45. The molecule has 0 bridgehead atoms. The zero-order valence-corrected chi connectivity index (χ0v) is 16.8. The highest BCUT2D eigenvalue weighted by atomic mass is 32.1. The van der Waals surface area contributed by atoms with Crippen LogP contribution in [0.2, 0.25) is 0 Å². The molecule has 2 aromatic rings. The van der Waals surface area contributed by atoms with Crippen molar-refractivity contribution in [1.29, 1.82) is 0 Å². The van der Waals surface area contributed by atoms with E-state index in [1.54, 1.807) is 11.3 Å². The largest absolute Gasteiger partial charge is 0.487 e. The van der Waals surface area contributed by atoms with Crippen LogP contribution in [-0.2, 0) is 6.42 Å². The van der Waals surface area contributed by atoms with Crippen LogP contribution >= 0.6 is 11.3 Å². The first-order valence-electron chi connectivity index (χ1n) is 9.13. The van der Waals surface area contributed by atoms with Gasteiger partial charge in [0.05, 0.1) is 11.0 Å². The van der Waals surface area contributed by atoms with Gasteiger partial charge in [0.25, 0.3) is 0 Å². The van der Waals surface area contributed by atoms with Crippen LogP contribution in [0.1, 0.15) is 49.0 Å². The zero-order chi connectivity index (χ0) is 18.6. The fraction of sp³-hybridized carbons (Fsp3) is 0.500. The van der Waals surface area contributed by atoms with Crippen molar-refractivity contribution in [3.63, 3.8) is 0 Å². The molecule has 1 unspecified atom stereocenters. The number of ether oxygens (including phenoxy) is 1. The molecular weight excluding hydrogens is 344 g/mol. The van der Waals surface area contributed by atoms with Crippen LogP contribution < -0.4 is 15.4 Å². The molecule has 6 heteroatoms. The first-order valence-corrected chi connectivity index (χ1v) is 10.0. The van der Waals surface area contributed by atoms with Crippen molar-refractivity contribution in [2.45, 2.75) is 51.7 Å². The first kappa shape index (κ1) is 18.7. The van der Waals surface area contributed by atoms with Gasteiger partial charge in [-0.2, -0.15) is 0 Å². The summed E-state index contributed by atoms with van der Waals surface area (Å²) in [7, 11) is 1.82. The molecule has 0 aliphatic carbocycles. The summed E-state index contributed by atoms with van der Waals surface area (Å²) < 4.78 is 6.11. The third kappa shape index (κ3) is 4.75. The topological polar surface area (TPSA) is 58.5 Å². The Kier molecular flexibility index (Phi) is 5.81. The molecule has 0 radical (unpaired) electrons. The summed E-state index contributed by atoms with van der Waals surface area (Å²) >= 11 is 1.74. The Morgan fingerprint density at radius 3 is 2.92 bits per heavy atom. The predicted molar refractivity (Wildman–Crippen MR) is 108 cm³/mol. The zero-order valence-electron chi connectivity index (χ0n) is 16.0. The lowest BCUT2D eigenvalue weighted by Gasteiger charge is -2.38. The highest BCUT2D eigenvalue weighted by Gasteiger charge is 2.33. The van der Waals surface area contributed by atoms with Crippen molar-refractivity contribution in [1.82, 2.24) is 15.6 Å². The van der Waals surface area contributed by atoms with Crippen molar-refractivity contribution in [2.24, 2.45) is 4.99 Å². The van der Waals surface area contributed by atoms with E-state index in [1.165, 1.54) is 10.6 Å². The third-order valence-electron chi connectivity index (χ3n) is 4.44. The van der Waals surface area contributed by atoms with Crippen LogP contribution in [0.15, 0.2) is 34.6 Å². The molecule has 0 fully saturated rings. The molecule has 2 N–H and O–H groups in total. The number of nitrogens with zero attached hydrogens (tertiary/aromatic N) is 2. The normalized spacial score (nSPS) is 18.8. The number of fused-ring (bicyclic) bond motifs is 1. The van der Waals surface area contributed by atoms with Gasteiger partial charge in [-0.1, -0.05) is 18.2 Å². The third-order valence-corrected chi connectivity index (χ3v) is 5.46. The quantitative estimate of drug-likeness (QED) is 0.475. The summed E-state index contributed by atoms with van der Waals surface area (Å²) in [5.74, 6) is 1.79. The summed E-state index contributed by atoms with van der Waals surface area (Å²) in [6, 6.07) is 8.42. The minimum absolute atomic E-state index is 0.183. The van der Waals surface area contributed by atoms with Crippen molar-refractivity contribution in [3.05, 3.63) is 45.9 Å². The van der Waals surface area contributed by atoms with Gasteiger partial charge in [-0.15, -0.1) is 11.3 Å². The maximum atomic E-state index is 6.11. The summed E-state index contributed by atoms with van der Waals surface area (Å²) in [5, 5.41) is 10.3. The Morgan fingerprint density at radius 2 is 2.19 bits per heavy atom. The average Bonchev–Trinajstić information content (AvgIpc) is 3.01. The lowest BCUT2D eigenvalue weighted by atomic mass is 9.90. The van der Waals surface area contributed by atoms with Crippen LogP contribution in [0, 0.1) is 6.92 Å². The number of thiazole rings is 1. The number of hydrogen-bond acceptors (Lipinski definition) is 4. The molecule has 0 spiro atoms. The number of para-hydroxylation sites is 1. The second-order valence-electron chi connectivity index (χ2n) is 7.29. The van der Waals surface area contributed by atoms with Gasteiger partial charge >= 0.3 is 0 Å². The van der Waals surface area contributed by atoms with Crippen LogP contribution in [0.4, 0.5) is 0 Å².